The van der Waals surface area contributed by atoms with Gasteiger partial charge in [0.1, 0.15) is 0 Å². The van der Waals surface area contributed by atoms with Crippen LogP contribution in [0.2, 0.25) is 0 Å². The SMILES string of the molecule is CCCN(CC1CCCC1)CC1CCCN1. The van der Waals surface area contributed by atoms with Crippen molar-refractivity contribution in [2.45, 2.75) is 57.9 Å². The minimum Gasteiger partial charge on any atom is -0.313 e. The van der Waals surface area contributed by atoms with Gasteiger partial charge in [-0.05, 0) is 51.1 Å². The number of rotatable bonds is 6. The summed E-state index contributed by atoms with van der Waals surface area (Å²) in [6.07, 6.45) is 10.0. The predicted octanol–water partition coefficient (Wildman–Crippen LogP) is 2.64. The van der Waals surface area contributed by atoms with Gasteiger partial charge in [0.05, 0.1) is 0 Å². The van der Waals surface area contributed by atoms with Crippen LogP contribution in [-0.4, -0.2) is 37.1 Å². The van der Waals surface area contributed by atoms with Gasteiger partial charge in [-0.15, -0.1) is 0 Å². The zero-order valence-electron chi connectivity index (χ0n) is 10.9. The van der Waals surface area contributed by atoms with Crippen molar-refractivity contribution in [3.05, 3.63) is 0 Å². The van der Waals surface area contributed by atoms with Crippen molar-refractivity contribution in [1.82, 2.24) is 10.2 Å². The predicted molar refractivity (Wildman–Crippen MR) is 69.7 cm³/mol. The fourth-order valence-electron chi connectivity index (χ4n) is 3.36. The summed E-state index contributed by atoms with van der Waals surface area (Å²) < 4.78 is 0. The Kier molecular flexibility index (Phi) is 5.11. The van der Waals surface area contributed by atoms with Gasteiger partial charge in [0.25, 0.3) is 0 Å². The molecule has 0 spiro atoms. The average molecular weight is 224 g/mol. The third-order valence-corrected chi connectivity index (χ3v) is 4.17. The van der Waals surface area contributed by atoms with E-state index in [0.717, 1.165) is 12.0 Å². The smallest absolute Gasteiger partial charge is 0.0195 e. The molecule has 94 valence electrons. The first kappa shape index (κ1) is 12.4. The summed E-state index contributed by atoms with van der Waals surface area (Å²) in [5.41, 5.74) is 0. The normalized spacial score (nSPS) is 27.0. The van der Waals surface area contributed by atoms with Crippen LogP contribution in [0, 0.1) is 5.92 Å². The summed E-state index contributed by atoms with van der Waals surface area (Å²) in [7, 11) is 0. The number of nitrogens with one attached hydrogen (secondary N) is 1. The molecule has 1 aliphatic carbocycles. The van der Waals surface area contributed by atoms with Crippen LogP contribution < -0.4 is 5.32 Å². The van der Waals surface area contributed by atoms with Crippen LogP contribution in [0.4, 0.5) is 0 Å². The molecule has 1 unspecified atom stereocenters. The van der Waals surface area contributed by atoms with E-state index < -0.39 is 0 Å². The highest BCUT2D eigenvalue weighted by Crippen LogP contribution is 2.25. The first-order valence-corrected chi connectivity index (χ1v) is 7.34. The van der Waals surface area contributed by atoms with Gasteiger partial charge < -0.3 is 10.2 Å². The van der Waals surface area contributed by atoms with E-state index >= 15 is 0 Å². The molecule has 2 nitrogen and oxygen atoms in total. The Balaban J connectivity index is 1.73. The number of hydrogen-bond donors (Lipinski definition) is 1. The molecule has 1 saturated heterocycles. The molecule has 0 amide bonds. The lowest BCUT2D eigenvalue weighted by atomic mass is 10.1. The lowest BCUT2D eigenvalue weighted by Crippen LogP contribution is -2.40. The molecule has 2 heteroatoms. The molecular formula is C14H28N2. The zero-order chi connectivity index (χ0) is 11.2. The Morgan fingerprint density at radius 3 is 2.50 bits per heavy atom. The van der Waals surface area contributed by atoms with Gasteiger partial charge in [-0.2, -0.15) is 0 Å². The Labute approximate surface area is 101 Å². The van der Waals surface area contributed by atoms with Crippen LogP contribution in [0.15, 0.2) is 0 Å². The van der Waals surface area contributed by atoms with Crippen molar-refractivity contribution in [1.29, 1.82) is 0 Å². The Hall–Kier alpha value is -0.0800. The van der Waals surface area contributed by atoms with Crippen LogP contribution >= 0.6 is 0 Å². The number of nitrogens with zero attached hydrogens (tertiary/aromatic N) is 1. The van der Waals surface area contributed by atoms with E-state index in [1.54, 1.807) is 0 Å². The van der Waals surface area contributed by atoms with Crippen molar-refractivity contribution in [2.75, 3.05) is 26.2 Å². The fraction of sp³-hybridized carbons (Fsp3) is 1.00. The Bertz CT molecular complexity index is 163. The first-order valence-electron chi connectivity index (χ1n) is 7.34. The Morgan fingerprint density at radius 1 is 1.06 bits per heavy atom. The van der Waals surface area contributed by atoms with E-state index in [4.69, 9.17) is 0 Å². The monoisotopic (exact) mass is 224 g/mol. The quantitative estimate of drug-likeness (QED) is 0.746. The van der Waals surface area contributed by atoms with E-state index in [0.29, 0.717) is 0 Å². The topological polar surface area (TPSA) is 15.3 Å². The van der Waals surface area contributed by atoms with Gasteiger partial charge in [-0.25, -0.2) is 0 Å². The molecule has 1 heterocycles. The molecule has 1 saturated carbocycles. The molecule has 0 aromatic carbocycles. The zero-order valence-corrected chi connectivity index (χ0v) is 10.9. The minimum absolute atomic E-state index is 0.785. The molecule has 1 N–H and O–H groups in total. The maximum Gasteiger partial charge on any atom is 0.0195 e. The average Bonchev–Trinajstić information content (AvgIpc) is 2.91. The summed E-state index contributed by atoms with van der Waals surface area (Å²) >= 11 is 0. The number of hydrogen-bond acceptors (Lipinski definition) is 2. The minimum atomic E-state index is 0.785. The van der Waals surface area contributed by atoms with Crippen LogP contribution in [-0.2, 0) is 0 Å². The highest BCUT2D eigenvalue weighted by atomic mass is 15.2. The van der Waals surface area contributed by atoms with E-state index in [9.17, 15) is 0 Å². The molecule has 2 rings (SSSR count). The molecule has 16 heavy (non-hydrogen) atoms. The third-order valence-electron chi connectivity index (χ3n) is 4.17. The highest BCUT2D eigenvalue weighted by Gasteiger charge is 2.21. The second-order valence-electron chi connectivity index (χ2n) is 5.70. The van der Waals surface area contributed by atoms with Crippen LogP contribution in [0.1, 0.15) is 51.9 Å². The van der Waals surface area contributed by atoms with Crippen molar-refractivity contribution in [2.24, 2.45) is 5.92 Å². The van der Waals surface area contributed by atoms with E-state index in [2.05, 4.69) is 17.1 Å². The van der Waals surface area contributed by atoms with Crippen molar-refractivity contribution < 1.29 is 0 Å². The van der Waals surface area contributed by atoms with Gasteiger partial charge in [0, 0.05) is 19.1 Å². The maximum absolute atomic E-state index is 3.63. The molecule has 0 aromatic heterocycles. The Morgan fingerprint density at radius 2 is 1.88 bits per heavy atom. The largest absolute Gasteiger partial charge is 0.313 e. The van der Waals surface area contributed by atoms with Crippen LogP contribution in [0.3, 0.4) is 0 Å². The molecule has 2 fully saturated rings. The second-order valence-corrected chi connectivity index (χ2v) is 5.70. The van der Waals surface area contributed by atoms with Gasteiger partial charge in [0.2, 0.25) is 0 Å². The van der Waals surface area contributed by atoms with E-state index in [1.807, 2.05) is 0 Å². The highest BCUT2D eigenvalue weighted by molar-refractivity contribution is 4.80. The van der Waals surface area contributed by atoms with Gasteiger partial charge in [-0.3, -0.25) is 0 Å². The van der Waals surface area contributed by atoms with Gasteiger partial charge >= 0.3 is 0 Å². The molecule has 1 aliphatic heterocycles. The van der Waals surface area contributed by atoms with Crippen LogP contribution in [0.5, 0.6) is 0 Å². The lowest BCUT2D eigenvalue weighted by molar-refractivity contribution is 0.213. The summed E-state index contributed by atoms with van der Waals surface area (Å²) in [5, 5.41) is 3.63. The lowest BCUT2D eigenvalue weighted by Gasteiger charge is -2.27. The molecule has 1 atom stereocenters. The van der Waals surface area contributed by atoms with Crippen molar-refractivity contribution >= 4 is 0 Å². The molecule has 0 aromatic rings. The standard InChI is InChI=1S/C14H28N2/c1-2-10-16(11-13-6-3-4-7-13)12-14-8-5-9-15-14/h13-15H,2-12H2,1H3. The van der Waals surface area contributed by atoms with Gasteiger partial charge in [-0.1, -0.05) is 19.8 Å². The summed E-state index contributed by atoms with van der Waals surface area (Å²) in [6, 6.07) is 0.785. The van der Waals surface area contributed by atoms with Crippen molar-refractivity contribution in [3.8, 4) is 0 Å². The summed E-state index contributed by atoms with van der Waals surface area (Å²) in [4.78, 5) is 2.72. The fourth-order valence-corrected chi connectivity index (χ4v) is 3.36. The molecule has 2 aliphatic rings. The molecule has 0 bridgehead atoms. The molecular weight excluding hydrogens is 196 g/mol. The molecule has 0 radical (unpaired) electrons. The first-order chi connectivity index (χ1) is 7.88. The van der Waals surface area contributed by atoms with E-state index in [-0.39, 0.29) is 0 Å². The second kappa shape index (κ2) is 6.61. The van der Waals surface area contributed by atoms with Crippen molar-refractivity contribution in [3.63, 3.8) is 0 Å². The van der Waals surface area contributed by atoms with E-state index in [1.165, 1.54) is 71.1 Å². The van der Waals surface area contributed by atoms with Crippen LogP contribution in [0.25, 0.3) is 0 Å². The maximum atomic E-state index is 3.63. The summed E-state index contributed by atoms with van der Waals surface area (Å²) in [6.45, 7) is 7.52. The van der Waals surface area contributed by atoms with Gasteiger partial charge in [0.15, 0.2) is 0 Å². The third kappa shape index (κ3) is 3.74. The summed E-state index contributed by atoms with van der Waals surface area (Å²) in [5.74, 6) is 1.01.